The molecule has 0 atom stereocenters. The Morgan fingerprint density at radius 2 is 1.50 bits per heavy atom. The number of benzene rings is 2. The Balaban J connectivity index is 1.89. The number of hydrogen-bond acceptors (Lipinski definition) is 1. The first-order valence-electron chi connectivity index (χ1n) is 5.87. The van der Waals surface area contributed by atoms with Crippen LogP contribution in [0.3, 0.4) is 0 Å². The monoisotopic (exact) mass is 247 g/mol. The molecule has 2 aromatic rings. The first-order chi connectivity index (χ1) is 8.75. The van der Waals surface area contributed by atoms with Crippen molar-refractivity contribution in [3.63, 3.8) is 0 Å². The molecule has 3 heteroatoms. The second-order valence-corrected chi connectivity index (χ2v) is 4.13. The van der Waals surface area contributed by atoms with Gasteiger partial charge in [0.1, 0.15) is 0 Å². The van der Waals surface area contributed by atoms with Crippen molar-refractivity contribution in [3.8, 4) is 0 Å². The van der Waals surface area contributed by atoms with E-state index in [9.17, 15) is 8.78 Å². The van der Waals surface area contributed by atoms with E-state index in [1.165, 1.54) is 11.6 Å². The zero-order valence-corrected chi connectivity index (χ0v) is 9.94. The standard InChI is InChI=1S/C15H15F2N/c16-15(17)14-8-4-7-13(9-14)11-18-10-12-5-2-1-3-6-12/h1-9,15,18H,10-11H2. The van der Waals surface area contributed by atoms with Gasteiger partial charge in [-0.2, -0.15) is 0 Å². The molecule has 0 spiro atoms. The fraction of sp³-hybridized carbons (Fsp3) is 0.200. The van der Waals surface area contributed by atoms with E-state index in [0.29, 0.717) is 6.54 Å². The van der Waals surface area contributed by atoms with Gasteiger partial charge in [-0.3, -0.25) is 0 Å². The minimum Gasteiger partial charge on any atom is -0.309 e. The summed E-state index contributed by atoms with van der Waals surface area (Å²) in [6, 6.07) is 16.5. The lowest BCUT2D eigenvalue weighted by Crippen LogP contribution is -2.12. The Kier molecular flexibility index (Phi) is 4.42. The Bertz CT molecular complexity index is 483. The second kappa shape index (κ2) is 6.26. The molecule has 0 saturated carbocycles. The minimum absolute atomic E-state index is 0.0778. The molecule has 0 aliphatic carbocycles. The van der Waals surface area contributed by atoms with Crippen molar-refractivity contribution < 1.29 is 8.78 Å². The summed E-state index contributed by atoms with van der Waals surface area (Å²) < 4.78 is 25.0. The molecule has 0 unspecified atom stereocenters. The van der Waals surface area contributed by atoms with Crippen LogP contribution in [-0.4, -0.2) is 0 Å². The maximum absolute atomic E-state index is 12.5. The topological polar surface area (TPSA) is 12.0 Å². The highest BCUT2D eigenvalue weighted by atomic mass is 19.3. The predicted octanol–water partition coefficient (Wildman–Crippen LogP) is 3.91. The SMILES string of the molecule is FC(F)c1cccc(CNCc2ccccc2)c1. The fourth-order valence-corrected chi connectivity index (χ4v) is 1.79. The summed E-state index contributed by atoms with van der Waals surface area (Å²) in [7, 11) is 0. The zero-order chi connectivity index (χ0) is 12.8. The van der Waals surface area contributed by atoms with E-state index in [-0.39, 0.29) is 5.56 Å². The molecule has 0 saturated heterocycles. The van der Waals surface area contributed by atoms with Gasteiger partial charge in [0.25, 0.3) is 6.43 Å². The van der Waals surface area contributed by atoms with Crippen molar-refractivity contribution in [2.45, 2.75) is 19.5 Å². The predicted molar refractivity (Wildman–Crippen MR) is 68.4 cm³/mol. The van der Waals surface area contributed by atoms with Crippen LogP contribution in [0.15, 0.2) is 54.6 Å². The van der Waals surface area contributed by atoms with E-state index in [1.807, 2.05) is 36.4 Å². The molecule has 0 heterocycles. The van der Waals surface area contributed by atoms with Crippen LogP contribution in [0, 0.1) is 0 Å². The van der Waals surface area contributed by atoms with Gasteiger partial charge in [-0.1, -0.05) is 48.5 Å². The van der Waals surface area contributed by atoms with Gasteiger partial charge in [-0.05, 0) is 17.2 Å². The van der Waals surface area contributed by atoms with Crippen LogP contribution in [0.1, 0.15) is 23.1 Å². The molecule has 2 aromatic carbocycles. The van der Waals surface area contributed by atoms with Crippen molar-refractivity contribution in [1.82, 2.24) is 5.32 Å². The first-order valence-corrected chi connectivity index (χ1v) is 5.87. The summed E-state index contributed by atoms with van der Waals surface area (Å²) in [5, 5.41) is 3.24. The van der Waals surface area contributed by atoms with Crippen LogP contribution in [0.5, 0.6) is 0 Å². The molecule has 18 heavy (non-hydrogen) atoms. The largest absolute Gasteiger partial charge is 0.309 e. The minimum atomic E-state index is -2.40. The van der Waals surface area contributed by atoms with Gasteiger partial charge in [0, 0.05) is 18.7 Å². The van der Waals surface area contributed by atoms with E-state index >= 15 is 0 Å². The van der Waals surface area contributed by atoms with Crippen LogP contribution in [0.25, 0.3) is 0 Å². The summed E-state index contributed by atoms with van der Waals surface area (Å²) in [5.41, 5.74) is 2.14. The molecule has 0 radical (unpaired) electrons. The third-order valence-electron chi connectivity index (χ3n) is 2.70. The smallest absolute Gasteiger partial charge is 0.263 e. The van der Waals surface area contributed by atoms with Crippen molar-refractivity contribution in [2.75, 3.05) is 0 Å². The van der Waals surface area contributed by atoms with E-state index < -0.39 is 6.43 Å². The summed E-state index contributed by atoms with van der Waals surface area (Å²) in [4.78, 5) is 0. The summed E-state index contributed by atoms with van der Waals surface area (Å²) in [6.45, 7) is 1.33. The maximum Gasteiger partial charge on any atom is 0.263 e. The molecule has 1 N–H and O–H groups in total. The number of nitrogens with one attached hydrogen (secondary N) is 1. The average molecular weight is 247 g/mol. The molecular formula is C15H15F2N. The van der Waals surface area contributed by atoms with Gasteiger partial charge >= 0.3 is 0 Å². The number of alkyl halides is 2. The van der Waals surface area contributed by atoms with Gasteiger partial charge in [-0.25, -0.2) is 8.78 Å². The molecule has 2 rings (SSSR count). The van der Waals surface area contributed by atoms with Crippen LogP contribution < -0.4 is 5.32 Å². The van der Waals surface area contributed by atoms with E-state index in [1.54, 1.807) is 12.1 Å². The zero-order valence-electron chi connectivity index (χ0n) is 9.94. The Hall–Kier alpha value is -1.74. The lowest BCUT2D eigenvalue weighted by atomic mass is 10.1. The third kappa shape index (κ3) is 3.64. The Morgan fingerprint density at radius 3 is 2.22 bits per heavy atom. The highest BCUT2D eigenvalue weighted by molar-refractivity contribution is 5.24. The average Bonchev–Trinajstić information content (AvgIpc) is 2.40. The van der Waals surface area contributed by atoms with Crippen molar-refractivity contribution >= 4 is 0 Å². The quantitative estimate of drug-likeness (QED) is 0.844. The van der Waals surface area contributed by atoms with E-state index in [4.69, 9.17) is 0 Å². The molecule has 0 aromatic heterocycles. The molecule has 0 aliphatic heterocycles. The molecule has 0 bridgehead atoms. The highest BCUT2D eigenvalue weighted by Crippen LogP contribution is 2.19. The molecule has 1 nitrogen and oxygen atoms in total. The van der Waals surface area contributed by atoms with Gasteiger partial charge in [0.15, 0.2) is 0 Å². The third-order valence-corrected chi connectivity index (χ3v) is 2.70. The fourth-order valence-electron chi connectivity index (χ4n) is 1.79. The van der Waals surface area contributed by atoms with E-state index in [2.05, 4.69) is 5.32 Å². The summed E-state index contributed by atoms with van der Waals surface area (Å²) in [5.74, 6) is 0. The van der Waals surface area contributed by atoms with Crippen LogP contribution in [0.4, 0.5) is 8.78 Å². The normalized spacial score (nSPS) is 10.8. The number of halogens is 2. The highest BCUT2D eigenvalue weighted by Gasteiger charge is 2.06. The van der Waals surface area contributed by atoms with Crippen LogP contribution in [0.2, 0.25) is 0 Å². The molecule has 94 valence electrons. The molecule has 0 amide bonds. The number of hydrogen-bond donors (Lipinski definition) is 1. The van der Waals surface area contributed by atoms with Crippen molar-refractivity contribution in [2.24, 2.45) is 0 Å². The lowest BCUT2D eigenvalue weighted by Gasteiger charge is -2.07. The van der Waals surface area contributed by atoms with Gasteiger partial charge in [0.05, 0.1) is 0 Å². The molecular weight excluding hydrogens is 232 g/mol. The van der Waals surface area contributed by atoms with Gasteiger partial charge in [0.2, 0.25) is 0 Å². The number of rotatable bonds is 5. The van der Waals surface area contributed by atoms with Gasteiger partial charge in [-0.15, -0.1) is 0 Å². The Labute approximate surface area is 105 Å². The Morgan fingerprint density at radius 1 is 0.833 bits per heavy atom. The molecule has 0 fully saturated rings. The van der Waals surface area contributed by atoms with Gasteiger partial charge < -0.3 is 5.32 Å². The lowest BCUT2D eigenvalue weighted by molar-refractivity contribution is 0.151. The maximum atomic E-state index is 12.5. The van der Waals surface area contributed by atoms with Crippen LogP contribution >= 0.6 is 0 Å². The van der Waals surface area contributed by atoms with Crippen molar-refractivity contribution in [1.29, 1.82) is 0 Å². The van der Waals surface area contributed by atoms with Crippen LogP contribution in [-0.2, 0) is 13.1 Å². The molecule has 0 aliphatic rings. The second-order valence-electron chi connectivity index (χ2n) is 4.13. The summed E-state index contributed by atoms with van der Waals surface area (Å²) in [6.07, 6.45) is -2.40. The van der Waals surface area contributed by atoms with E-state index in [0.717, 1.165) is 12.1 Å². The van der Waals surface area contributed by atoms with Crippen molar-refractivity contribution in [3.05, 3.63) is 71.3 Å². The first kappa shape index (κ1) is 12.7. The summed E-state index contributed by atoms with van der Waals surface area (Å²) >= 11 is 0.